The van der Waals surface area contributed by atoms with Gasteiger partial charge in [0.2, 0.25) is 0 Å². The van der Waals surface area contributed by atoms with Gasteiger partial charge in [0.15, 0.2) is 0 Å². The number of pyridine rings is 1. The molecule has 0 saturated heterocycles. The van der Waals surface area contributed by atoms with Gasteiger partial charge in [-0.05, 0) is 50.6 Å². The molecule has 29 heavy (non-hydrogen) atoms. The Balaban J connectivity index is 1.46. The van der Waals surface area contributed by atoms with Crippen LogP contribution in [0, 0.1) is 13.8 Å². The second kappa shape index (κ2) is 9.43. The molecule has 8 heteroatoms. The topological polar surface area (TPSA) is 86.4 Å². The van der Waals surface area contributed by atoms with Gasteiger partial charge in [-0.1, -0.05) is 16.8 Å². The van der Waals surface area contributed by atoms with Crippen molar-refractivity contribution in [1.29, 1.82) is 0 Å². The van der Waals surface area contributed by atoms with Crippen LogP contribution in [0.1, 0.15) is 33.8 Å². The fourth-order valence-corrected chi connectivity index (χ4v) is 2.98. The number of rotatable bonds is 8. The molecule has 7 nitrogen and oxygen atoms in total. The van der Waals surface area contributed by atoms with Gasteiger partial charge >= 0.3 is 0 Å². The Labute approximate surface area is 173 Å². The van der Waals surface area contributed by atoms with Gasteiger partial charge in [0, 0.05) is 30.9 Å². The molecule has 0 aliphatic heterocycles. The maximum atomic E-state index is 12.3. The molecule has 0 saturated carbocycles. The van der Waals surface area contributed by atoms with Crippen molar-refractivity contribution in [3.63, 3.8) is 0 Å². The highest BCUT2D eigenvalue weighted by Crippen LogP contribution is 2.18. The molecule has 0 radical (unpaired) electrons. The molecule has 2 aromatic heterocycles. The quantitative estimate of drug-likeness (QED) is 0.569. The minimum Gasteiger partial charge on any atom is -0.489 e. The summed E-state index contributed by atoms with van der Waals surface area (Å²) in [7, 11) is 0. The number of benzene rings is 1. The second-order valence-electron chi connectivity index (χ2n) is 6.60. The Morgan fingerprint density at radius 2 is 1.97 bits per heavy atom. The lowest BCUT2D eigenvalue weighted by Gasteiger charge is -2.09. The summed E-state index contributed by atoms with van der Waals surface area (Å²) in [5, 5.41) is 7.24. The van der Waals surface area contributed by atoms with Crippen molar-refractivity contribution in [2.24, 2.45) is 0 Å². The number of hydrogen-bond acceptors (Lipinski definition) is 5. The molecule has 1 N–H and O–H groups in total. The molecule has 0 bridgehead atoms. The van der Waals surface area contributed by atoms with Crippen molar-refractivity contribution >= 4 is 17.5 Å². The van der Waals surface area contributed by atoms with E-state index in [-0.39, 0.29) is 11.5 Å². The monoisotopic (exact) mass is 415 g/mol. The van der Waals surface area contributed by atoms with Crippen LogP contribution in [0.4, 0.5) is 0 Å². The number of carbonyl (C=O) groups excluding carboxylic acids is 1. The van der Waals surface area contributed by atoms with Gasteiger partial charge in [-0.2, -0.15) is 0 Å². The first-order valence-corrected chi connectivity index (χ1v) is 9.60. The molecule has 0 fully saturated rings. The molecule has 3 aromatic rings. The summed E-state index contributed by atoms with van der Waals surface area (Å²) < 4.78 is 12.4. The van der Waals surface area contributed by atoms with E-state index >= 15 is 0 Å². The lowest BCUT2D eigenvalue weighted by molar-refractivity contribution is 0.0952. The maximum Gasteiger partial charge on any atom is 0.251 e. The smallest absolute Gasteiger partial charge is 0.251 e. The summed E-state index contributed by atoms with van der Waals surface area (Å²) in [4.78, 5) is 24.0. The van der Waals surface area contributed by atoms with Crippen LogP contribution in [0.25, 0.3) is 0 Å². The number of nitrogens with one attached hydrogen (secondary N) is 1. The Bertz CT molecular complexity index is 1020. The maximum absolute atomic E-state index is 12.3. The average Bonchev–Trinajstić information content (AvgIpc) is 3.04. The Morgan fingerprint density at radius 3 is 2.66 bits per heavy atom. The second-order valence-corrected chi connectivity index (χ2v) is 7.04. The third-order valence-corrected chi connectivity index (χ3v) is 4.71. The number of nitrogens with zero attached hydrogens (tertiary/aromatic N) is 2. The fourth-order valence-electron chi connectivity index (χ4n) is 2.80. The van der Waals surface area contributed by atoms with E-state index in [4.69, 9.17) is 20.9 Å². The number of aromatic nitrogens is 2. The average molecular weight is 416 g/mol. The highest BCUT2D eigenvalue weighted by Gasteiger charge is 2.10. The van der Waals surface area contributed by atoms with Gasteiger partial charge in [0.05, 0.1) is 16.3 Å². The molecule has 152 valence electrons. The standard InChI is InChI=1S/C21H22ClN3O4/c1-14-19(15(2)29-24-14)13-28-18-7-4-16(5-8-18)21(27)23-10-3-11-25-12-17(22)6-9-20(25)26/h4-9,12H,3,10-11,13H2,1-2H3,(H,23,27). The summed E-state index contributed by atoms with van der Waals surface area (Å²) >= 11 is 5.89. The highest BCUT2D eigenvalue weighted by atomic mass is 35.5. The van der Waals surface area contributed by atoms with E-state index in [1.165, 1.54) is 10.6 Å². The van der Waals surface area contributed by atoms with E-state index < -0.39 is 0 Å². The van der Waals surface area contributed by atoms with Crippen LogP contribution in [0.15, 0.2) is 51.9 Å². The number of ether oxygens (including phenoxy) is 1. The zero-order chi connectivity index (χ0) is 20.8. The number of aryl methyl sites for hydroxylation is 3. The van der Waals surface area contributed by atoms with Crippen LogP contribution < -0.4 is 15.6 Å². The van der Waals surface area contributed by atoms with Gasteiger partial charge in [0.1, 0.15) is 18.1 Å². The van der Waals surface area contributed by atoms with Crippen molar-refractivity contribution in [1.82, 2.24) is 15.0 Å². The molecular formula is C21H22ClN3O4. The molecule has 3 rings (SSSR count). The van der Waals surface area contributed by atoms with E-state index in [1.807, 2.05) is 13.8 Å². The van der Waals surface area contributed by atoms with E-state index in [1.54, 1.807) is 36.5 Å². The van der Waals surface area contributed by atoms with Gasteiger partial charge in [0.25, 0.3) is 11.5 Å². The minimum atomic E-state index is -0.180. The first-order valence-electron chi connectivity index (χ1n) is 9.23. The summed E-state index contributed by atoms with van der Waals surface area (Å²) in [6.07, 6.45) is 2.21. The minimum absolute atomic E-state index is 0.118. The molecule has 1 amide bonds. The third kappa shape index (κ3) is 5.48. The summed E-state index contributed by atoms with van der Waals surface area (Å²) in [6, 6.07) is 9.90. The first-order chi connectivity index (χ1) is 13.9. The van der Waals surface area contributed by atoms with Gasteiger partial charge < -0.3 is 19.1 Å². The van der Waals surface area contributed by atoms with E-state index in [9.17, 15) is 9.59 Å². The normalized spacial score (nSPS) is 10.7. The zero-order valence-electron chi connectivity index (χ0n) is 16.3. The van der Waals surface area contributed by atoms with Crippen molar-refractivity contribution in [2.75, 3.05) is 6.54 Å². The molecule has 0 aliphatic carbocycles. The van der Waals surface area contributed by atoms with E-state index in [0.29, 0.717) is 42.5 Å². The Morgan fingerprint density at radius 1 is 1.21 bits per heavy atom. The first kappa shape index (κ1) is 20.7. The van der Waals surface area contributed by atoms with Crippen LogP contribution in [-0.2, 0) is 13.2 Å². The van der Waals surface area contributed by atoms with Gasteiger partial charge in [-0.3, -0.25) is 9.59 Å². The van der Waals surface area contributed by atoms with Crippen molar-refractivity contribution in [2.45, 2.75) is 33.4 Å². The number of halogens is 1. The molecule has 1 aromatic carbocycles. The molecule has 0 unspecified atom stereocenters. The fraction of sp³-hybridized carbons (Fsp3) is 0.286. The summed E-state index contributed by atoms with van der Waals surface area (Å²) in [5.41, 5.74) is 2.15. The highest BCUT2D eigenvalue weighted by molar-refractivity contribution is 6.30. The Kier molecular flexibility index (Phi) is 6.72. The van der Waals surface area contributed by atoms with Crippen LogP contribution in [0.3, 0.4) is 0 Å². The molecule has 0 aliphatic rings. The SMILES string of the molecule is Cc1noc(C)c1COc1ccc(C(=O)NCCCn2cc(Cl)ccc2=O)cc1. The predicted molar refractivity (Wildman–Crippen MR) is 109 cm³/mol. The lowest BCUT2D eigenvalue weighted by Crippen LogP contribution is -2.26. The number of carbonyl (C=O) groups is 1. The van der Waals surface area contributed by atoms with Crippen LogP contribution in [-0.4, -0.2) is 22.2 Å². The van der Waals surface area contributed by atoms with Crippen molar-refractivity contribution in [3.05, 3.63) is 80.6 Å². The van der Waals surface area contributed by atoms with Crippen molar-refractivity contribution in [3.8, 4) is 5.75 Å². The molecular weight excluding hydrogens is 394 g/mol. The van der Waals surface area contributed by atoms with Gasteiger partial charge in [-0.25, -0.2) is 0 Å². The predicted octanol–water partition coefficient (Wildman–Crippen LogP) is 3.51. The largest absolute Gasteiger partial charge is 0.489 e. The number of hydrogen-bond donors (Lipinski definition) is 1. The molecule has 0 spiro atoms. The summed E-state index contributed by atoms with van der Waals surface area (Å²) in [6.45, 7) is 4.99. The zero-order valence-corrected chi connectivity index (χ0v) is 17.0. The molecule has 2 heterocycles. The lowest BCUT2D eigenvalue weighted by atomic mass is 10.2. The van der Waals surface area contributed by atoms with E-state index in [0.717, 1.165) is 17.0 Å². The molecule has 0 atom stereocenters. The van der Waals surface area contributed by atoms with Gasteiger partial charge in [-0.15, -0.1) is 0 Å². The van der Waals surface area contributed by atoms with Crippen LogP contribution in [0.2, 0.25) is 5.02 Å². The van der Waals surface area contributed by atoms with E-state index in [2.05, 4.69) is 10.5 Å². The van der Waals surface area contributed by atoms with Crippen LogP contribution in [0.5, 0.6) is 5.75 Å². The number of amides is 1. The van der Waals surface area contributed by atoms with Crippen molar-refractivity contribution < 1.29 is 14.1 Å². The third-order valence-electron chi connectivity index (χ3n) is 4.49. The summed E-state index contributed by atoms with van der Waals surface area (Å²) in [5.74, 6) is 1.21. The van der Waals surface area contributed by atoms with Crippen LogP contribution >= 0.6 is 11.6 Å². The Hall–Kier alpha value is -3.06.